The third-order valence-electron chi connectivity index (χ3n) is 3.86. The standard InChI is InChI=1S/C20H17F2NO7S/c1-10(24)23-16(18(25)26)9-31-20(28)30-17-6-3-11(7-14(17)19(27)29-2)13-5-4-12(21)8-15(13)22/h3-8,16H,9H2,1-2H3,(H,23,24)(H,25,26)/t16-/m0/s1. The summed E-state index contributed by atoms with van der Waals surface area (Å²) >= 11 is 0.472. The summed E-state index contributed by atoms with van der Waals surface area (Å²) in [6.07, 6.45) is 0. The van der Waals surface area contributed by atoms with Gasteiger partial charge in [-0.1, -0.05) is 6.07 Å². The Morgan fingerprint density at radius 3 is 2.42 bits per heavy atom. The van der Waals surface area contributed by atoms with Crippen LogP contribution in [0.3, 0.4) is 0 Å². The maximum atomic E-state index is 14.1. The number of esters is 1. The molecule has 0 aromatic heterocycles. The van der Waals surface area contributed by atoms with Gasteiger partial charge in [0.25, 0.3) is 0 Å². The minimum absolute atomic E-state index is 0.0124. The second-order valence-corrected chi connectivity index (χ2v) is 7.04. The quantitative estimate of drug-likeness (QED) is 0.614. The van der Waals surface area contributed by atoms with Crippen molar-refractivity contribution in [2.24, 2.45) is 0 Å². The van der Waals surface area contributed by atoms with Gasteiger partial charge in [0.2, 0.25) is 5.91 Å². The minimum atomic E-state index is -1.34. The summed E-state index contributed by atoms with van der Waals surface area (Å²) in [6.45, 7) is 1.13. The number of carbonyl (C=O) groups excluding carboxylic acids is 3. The third kappa shape index (κ3) is 6.51. The monoisotopic (exact) mass is 453 g/mol. The van der Waals surface area contributed by atoms with Gasteiger partial charge < -0.3 is 19.9 Å². The van der Waals surface area contributed by atoms with E-state index in [-0.39, 0.29) is 28.2 Å². The molecule has 2 aromatic carbocycles. The van der Waals surface area contributed by atoms with E-state index in [4.69, 9.17) is 9.84 Å². The normalized spacial score (nSPS) is 11.4. The molecule has 0 aliphatic heterocycles. The van der Waals surface area contributed by atoms with Crippen LogP contribution in [0.25, 0.3) is 11.1 Å². The summed E-state index contributed by atoms with van der Waals surface area (Å²) in [4.78, 5) is 46.4. The molecule has 0 spiro atoms. The first-order chi connectivity index (χ1) is 14.6. The molecule has 1 amide bonds. The van der Waals surface area contributed by atoms with Gasteiger partial charge in [-0.05, 0) is 41.6 Å². The van der Waals surface area contributed by atoms with Crippen LogP contribution in [0, 0.1) is 11.6 Å². The summed E-state index contributed by atoms with van der Waals surface area (Å²) in [5, 5.41) is 10.3. The van der Waals surface area contributed by atoms with Crippen LogP contribution in [0.4, 0.5) is 13.6 Å². The molecule has 0 saturated heterocycles. The Morgan fingerprint density at radius 1 is 1.13 bits per heavy atom. The zero-order valence-corrected chi connectivity index (χ0v) is 17.1. The van der Waals surface area contributed by atoms with E-state index < -0.39 is 40.8 Å². The fraction of sp³-hybridized carbons (Fsp3) is 0.200. The number of rotatable bonds is 7. The minimum Gasteiger partial charge on any atom is -0.480 e. The number of carboxylic acid groups (broad SMARTS) is 1. The second-order valence-electron chi connectivity index (χ2n) is 6.08. The number of aliphatic carboxylic acids is 1. The molecule has 0 aliphatic rings. The third-order valence-corrected chi connectivity index (χ3v) is 4.68. The SMILES string of the molecule is COC(=O)c1cc(-c2ccc(F)cc2F)ccc1OC(=O)SC[C@H](NC(C)=O)C(=O)O. The summed E-state index contributed by atoms with van der Waals surface area (Å²) in [5.41, 5.74) is 0.0229. The van der Waals surface area contributed by atoms with Gasteiger partial charge in [0.15, 0.2) is 0 Å². The number of thioether (sulfide) groups is 1. The van der Waals surface area contributed by atoms with Crippen LogP contribution in [-0.4, -0.2) is 47.2 Å². The molecule has 2 N–H and O–H groups in total. The Hall–Kier alpha value is -3.47. The lowest BCUT2D eigenvalue weighted by Gasteiger charge is -2.13. The number of carbonyl (C=O) groups is 4. The number of carboxylic acids is 1. The lowest BCUT2D eigenvalue weighted by molar-refractivity contribution is -0.140. The van der Waals surface area contributed by atoms with Crippen molar-refractivity contribution in [3.63, 3.8) is 0 Å². The molecule has 2 rings (SSSR count). The van der Waals surface area contributed by atoms with Crippen LogP contribution in [0.15, 0.2) is 36.4 Å². The fourth-order valence-electron chi connectivity index (χ4n) is 2.47. The number of methoxy groups -OCH3 is 1. The van der Waals surface area contributed by atoms with Crippen molar-refractivity contribution in [3.05, 3.63) is 53.6 Å². The Kier molecular flexibility index (Phi) is 8.08. The molecular formula is C20H17F2NO7S. The number of hydrogen-bond donors (Lipinski definition) is 2. The number of hydrogen-bond acceptors (Lipinski definition) is 7. The molecule has 31 heavy (non-hydrogen) atoms. The number of nitrogens with one attached hydrogen (secondary N) is 1. The Morgan fingerprint density at radius 2 is 1.84 bits per heavy atom. The molecular weight excluding hydrogens is 436 g/mol. The summed E-state index contributed by atoms with van der Waals surface area (Å²) in [6, 6.07) is 5.40. The second kappa shape index (κ2) is 10.5. The summed E-state index contributed by atoms with van der Waals surface area (Å²) in [5.74, 6) is -4.94. The molecule has 164 valence electrons. The maximum absolute atomic E-state index is 14.1. The van der Waals surface area contributed by atoms with Crippen LogP contribution >= 0.6 is 11.8 Å². The molecule has 0 radical (unpaired) electrons. The van der Waals surface area contributed by atoms with Crippen molar-refractivity contribution in [2.75, 3.05) is 12.9 Å². The molecule has 2 aromatic rings. The van der Waals surface area contributed by atoms with E-state index in [0.717, 1.165) is 20.1 Å². The molecule has 1 atom stereocenters. The van der Waals surface area contributed by atoms with Crippen molar-refractivity contribution in [1.29, 1.82) is 0 Å². The lowest BCUT2D eigenvalue weighted by Crippen LogP contribution is -2.41. The van der Waals surface area contributed by atoms with E-state index in [1.807, 2.05) is 0 Å². The fourth-order valence-corrected chi connectivity index (χ4v) is 3.15. The molecule has 0 fully saturated rings. The zero-order chi connectivity index (χ0) is 23.1. The predicted octanol–water partition coefficient (Wildman–Crippen LogP) is 3.24. The number of amides is 1. The van der Waals surface area contributed by atoms with Gasteiger partial charge in [0.05, 0.1) is 7.11 Å². The van der Waals surface area contributed by atoms with E-state index in [1.54, 1.807) is 0 Å². The highest BCUT2D eigenvalue weighted by molar-refractivity contribution is 8.13. The molecule has 0 bridgehead atoms. The van der Waals surface area contributed by atoms with Crippen LogP contribution in [0.5, 0.6) is 5.75 Å². The van der Waals surface area contributed by atoms with Crippen LogP contribution in [0.2, 0.25) is 0 Å². The van der Waals surface area contributed by atoms with Crippen molar-refractivity contribution in [3.8, 4) is 16.9 Å². The number of halogens is 2. The smallest absolute Gasteiger partial charge is 0.372 e. The van der Waals surface area contributed by atoms with Crippen LogP contribution < -0.4 is 10.1 Å². The summed E-state index contributed by atoms with van der Waals surface area (Å²) < 4.78 is 37.0. The largest absolute Gasteiger partial charge is 0.480 e. The Bertz CT molecular complexity index is 1030. The van der Waals surface area contributed by atoms with Crippen molar-refractivity contribution >= 4 is 34.9 Å². The van der Waals surface area contributed by atoms with E-state index in [9.17, 15) is 28.0 Å². The lowest BCUT2D eigenvalue weighted by atomic mass is 10.0. The van der Waals surface area contributed by atoms with Gasteiger partial charge in [0, 0.05) is 24.3 Å². The van der Waals surface area contributed by atoms with E-state index in [1.165, 1.54) is 24.3 Å². The number of benzene rings is 2. The van der Waals surface area contributed by atoms with Gasteiger partial charge in [-0.25, -0.2) is 23.2 Å². The van der Waals surface area contributed by atoms with Gasteiger partial charge in [0.1, 0.15) is 29.0 Å². The van der Waals surface area contributed by atoms with Crippen molar-refractivity contribution < 1.29 is 42.5 Å². The molecule has 0 aliphatic carbocycles. The first kappa shape index (κ1) is 23.8. The Labute approximate surface area is 179 Å². The van der Waals surface area contributed by atoms with Gasteiger partial charge in [-0.15, -0.1) is 0 Å². The summed E-state index contributed by atoms with van der Waals surface area (Å²) in [7, 11) is 1.10. The van der Waals surface area contributed by atoms with E-state index in [0.29, 0.717) is 17.8 Å². The first-order valence-electron chi connectivity index (χ1n) is 8.64. The molecule has 0 saturated carbocycles. The van der Waals surface area contributed by atoms with Crippen LogP contribution in [-0.2, 0) is 14.3 Å². The topological polar surface area (TPSA) is 119 Å². The zero-order valence-electron chi connectivity index (χ0n) is 16.3. The Balaban J connectivity index is 2.23. The average Bonchev–Trinajstić information content (AvgIpc) is 2.70. The highest BCUT2D eigenvalue weighted by atomic mass is 32.2. The maximum Gasteiger partial charge on any atom is 0.372 e. The van der Waals surface area contributed by atoms with Gasteiger partial charge in [-0.3, -0.25) is 4.79 Å². The van der Waals surface area contributed by atoms with E-state index in [2.05, 4.69) is 10.1 Å². The van der Waals surface area contributed by atoms with Gasteiger partial charge >= 0.3 is 17.2 Å². The highest BCUT2D eigenvalue weighted by Gasteiger charge is 2.23. The van der Waals surface area contributed by atoms with Crippen molar-refractivity contribution in [2.45, 2.75) is 13.0 Å². The molecule has 0 unspecified atom stereocenters. The average molecular weight is 453 g/mol. The number of ether oxygens (including phenoxy) is 2. The van der Waals surface area contributed by atoms with Crippen LogP contribution in [0.1, 0.15) is 17.3 Å². The first-order valence-corrected chi connectivity index (χ1v) is 9.63. The molecule has 8 nitrogen and oxygen atoms in total. The predicted molar refractivity (Wildman–Crippen MR) is 107 cm³/mol. The molecule has 0 heterocycles. The van der Waals surface area contributed by atoms with Crippen molar-refractivity contribution in [1.82, 2.24) is 5.32 Å². The highest BCUT2D eigenvalue weighted by Crippen LogP contribution is 2.30. The van der Waals surface area contributed by atoms with E-state index >= 15 is 0 Å². The van der Waals surface area contributed by atoms with Gasteiger partial charge in [-0.2, -0.15) is 0 Å². The molecule has 11 heteroatoms.